The highest BCUT2D eigenvalue weighted by Gasteiger charge is 2.34. The highest BCUT2D eigenvalue weighted by atomic mass is 16.2. The Hall–Kier alpha value is -3.22. The van der Waals surface area contributed by atoms with Gasteiger partial charge in [0, 0.05) is 24.1 Å². The van der Waals surface area contributed by atoms with E-state index in [4.69, 9.17) is 0 Å². The minimum Gasteiger partial charge on any atom is -0.345 e. The normalized spacial score (nSPS) is 12.9. The van der Waals surface area contributed by atoms with Crippen molar-refractivity contribution in [1.29, 1.82) is 0 Å². The molecule has 140 valence electrons. The Morgan fingerprint density at radius 1 is 1.11 bits per heavy atom. The number of nitrogens with one attached hydrogen (secondary N) is 2. The molecule has 1 heterocycles. The van der Waals surface area contributed by atoms with Crippen LogP contribution in [0, 0.1) is 6.92 Å². The first-order valence-corrected chi connectivity index (χ1v) is 8.87. The lowest BCUT2D eigenvalue weighted by Gasteiger charge is -2.21. The van der Waals surface area contributed by atoms with Crippen LogP contribution >= 0.6 is 0 Å². The lowest BCUT2D eigenvalue weighted by Crippen LogP contribution is -2.43. The zero-order chi connectivity index (χ0) is 19.2. The van der Waals surface area contributed by atoms with E-state index in [9.17, 15) is 14.4 Å². The molecule has 7 nitrogen and oxygen atoms in total. The zero-order valence-electron chi connectivity index (χ0n) is 15.1. The summed E-state index contributed by atoms with van der Waals surface area (Å²) in [5.74, 6) is -0.896. The van der Waals surface area contributed by atoms with Crippen LogP contribution in [-0.4, -0.2) is 46.7 Å². The number of carbonyl (C=O) groups is 3. The third-order valence-corrected chi connectivity index (χ3v) is 4.25. The first-order valence-electron chi connectivity index (χ1n) is 8.87. The molecule has 1 saturated carbocycles. The van der Waals surface area contributed by atoms with E-state index < -0.39 is 0 Å². The van der Waals surface area contributed by atoms with E-state index in [1.165, 1.54) is 6.20 Å². The van der Waals surface area contributed by atoms with Gasteiger partial charge in [-0.15, -0.1) is 0 Å². The van der Waals surface area contributed by atoms with Gasteiger partial charge < -0.3 is 15.5 Å². The Balaban J connectivity index is 1.50. The van der Waals surface area contributed by atoms with Gasteiger partial charge >= 0.3 is 0 Å². The van der Waals surface area contributed by atoms with Crippen LogP contribution in [0.15, 0.2) is 48.8 Å². The molecule has 0 bridgehead atoms. The van der Waals surface area contributed by atoms with Gasteiger partial charge in [0.2, 0.25) is 11.8 Å². The number of nitrogens with zero attached hydrogens (tertiary/aromatic N) is 2. The first kappa shape index (κ1) is 18.6. The number of carbonyl (C=O) groups excluding carboxylic acids is 3. The molecule has 0 atom stereocenters. The predicted molar refractivity (Wildman–Crippen MR) is 101 cm³/mol. The van der Waals surface area contributed by atoms with Gasteiger partial charge in [0.15, 0.2) is 0 Å². The quantitative estimate of drug-likeness (QED) is 0.781. The van der Waals surface area contributed by atoms with Crippen LogP contribution in [0.1, 0.15) is 28.8 Å². The van der Waals surface area contributed by atoms with E-state index in [-0.39, 0.29) is 36.9 Å². The molecule has 0 spiro atoms. The van der Waals surface area contributed by atoms with Crippen molar-refractivity contribution in [3.05, 3.63) is 59.9 Å². The molecule has 0 unspecified atom stereocenters. The molecule has 2 aromatic rings. The van der Waals surface area contributed by atoms with Crippen molar-refractivity contribution in [2.75, 3.05) is 18.4 Å². The maximum atomic E-state index is 12.6. The molecule has 1 aromatic carbocycles. The molecular weight excluding hydrogens is 344 g/mol. The number of anilines is 1. The summed E-state index contributed by atoms with van der Waals surface area (Å²) in [6.45, 7) is 1.74. The smallest absolute Gasteiger partial charge is 0.256 e. The minimum absolute atomic E-state index is 0.0732. The lowest BCUT2D eigenvalue weighted by atomic mass is 10.2. The van der Waals surface area contributed by atoms with Crippen LogP contribution in [0.4, 0.5) is 5.69 Å². The molecule has 0 aliphatic heterocycles. The second-order valence-electron chi connectivity index (χ2n) is 6.60. The number of hydrogen-bond acceptors (Lipinski definition) is 4. The molecule has 1 aliphatic carbocycles. The Morgan fingerprint density at radius 2 is 1.85 bits per heavy atom. The molecule has 1 aliphatic rings. The summed E-state index contributed by atoms with van der Waals surface area (Å²) in [6.07, 6.45) is 4.85. The van der Waals surface area contributed by atoms with E-state index in [0.29, 0.717) is 11.3 Å². The average Bonchev–Trinajstić information content (AvgIpc) is 3.51. The van der Waals surface area contributed by atoms with Gasteiger partial charge in [-0.05, 0) is 44.0 Å². The van der Waals surface area contributed by atoms with Gasteiger partial charge in [-0.3, -0.25) is 19.4 Å². The Bertz CT molecular complexity index is 817. The van der Waals surface area contributed by atoms with E-state index in [1.54, 1.807) is 35.4 Å². The second kappa shape index (κ2) is 8.44. The number of amides is 3. The van der Waals surface area contributed by atoms with E-state index in [1.807, 2.05) is 19.1 Å². The van der Waals surface area contributed by atoms with Crippen molar-refractivity contribution in [1.82, 2.24) is 15.2 Å². The Labute approximate surface area is 157 Å². The topological polar surface area (TPSA) is 91.4 Å². The second-order valence-corrected chi connectivity index (χ2v) is 6.60. The summed E-state index contributed by atoms with van der Waals surface area (Å²) in [7, 11) is 0. The fraction of sp³-hybridized carbons (Fsp3) is 0.300. The van der Waals surface area contributed by atoms with Gasteiger partial charge in [0.05, 0.1) is 12.1 Å². The number of benzene rings is 1. The van der Waals surface area contributed by atoms with Crippen LogP contribution < -0.4 is 10.6 Å². The third-order valence-electron chi connectivity index (χ3n) is 4.25. The summed E-state index contributed by atoms with van der Waals surface area (Å²) in [6, 6.07) is 10.8. The first-order chi connectivity index (χ1) is 13.0. The summed E-state index contributed by atoms with van der Waals surface area (Å²) in [5, 5.41) is 5.29. The largest absolute Gasteiger partial charge is 0.345 e. The summed E-state index contributed by atoms with van der Waals surface area (Å²) in [5.41, 5.74) is 2.22. The highest BCUT2D eigenvalue weighted by Crippen LogP contribution is 2.27. The molecule has 2 N–H and O–H groups in total. The van der Waals surface area contributed by atoms with Gasteiger partial charge in [0.25, 0.3) is 5.91 Å². The number of pyridine rings is 1. The maximum Gasteiger partial charge on any atom is 0.256 e. The van der Waals surface area contributed by atoms with Crippen molar-refractivity contribution >= 4 is 23.4 Å². The standard InChI is InChI=1S/C20H22N4O3/c1-14-4-6-16(7-5-14)23-18(25)12-22-19(26)13-24(17-8-9-17)20(27)15-3-2-10-21-11-15/h2-7,10-11,17H,8-9,12-13H2,1H3,(H,22,26)(H,23,25). The minimum atomic E-state index is -0.363. The number of aromatic nitrogens is 1. The van der Waals surface area contributed by atoms with Gasteiger partial charge in [0.1, 0.15) is 6.54 Å². The monoisotopic (exact) mass is 366 g/mol. The van der Waals surface area contributed by atoms with Gasteiger partial charge in [-0.1, -0.05) is 17.7 Å². The van der Waals surface area contributed by atoms with Crippen molar-refractivity contribution in [2.24, 2.45) is 0 Å². The number of rotatable bonds is 7. The fourth-order valence-electron chi connectivity index (χ4n) is 2.64. The molecule has 27 heavy (non-hydrogen) atoms. The predicted octanol–water partition coefficient (Wildman–Crippen LogP) is 1.75. The van der Waals surface area contributed by atoms with Crippen LogP contribution in [0.5, 0.6) is 0 Å². The van der Waals surface area contributed by atoms with Crippen LogP contribution in [0.3, 0.4) is 0 Å². The molecule has 0 radical (unpaired) electrons. The Kier molecular flexibility index (Phi) is 5.80. The lowest BCUT2D eigenvalue weighted by molar-refractivity contribution is -0.124. The highest BCUT2D eigenvalue weighted by molar-refractivity contribution is 5.98. The van der Waals surface area contributed by atoms with E-state index in [2.05, 4.69) is 15.6 Å². The zero-order valence-corrected chi connectivity index (χ0v) is 15.1. The van der Waals surface area contributed by atoms with Crippen molar-refractivity contribution in [3.63, 3.8) is 0 Å². The number of hydrogen-bond donors (Lipinski definition) is 2. The summed E-state index contributed by atoms with van der Waals surface area (Å²) < 4.78 is 0. The summed E-state index contributed by atoms with van der Waals surface area (Å²) >= 11 is 0. The van der Waals surface area contributed by atoms with Crippen molar-refractivity contribution in [2.45, 2.75) is 25.8 Å². The number of aryl methyl sites for hydroxylation is 1. The van der Waals surface area contributed by atoms with Gasteiger partial charge in [-0.2, -0.15) is 0 Å². The molecule has 1 aromatic heterocycles. The molecule has 7 heteroatoms. The molecule has 3 rings (SSSR count). The fourth-order valence-corrected chi connectivity index (χ4v) is 2.64. The average molecular weight is 366 g/mol. The molecule has 3 amide bonds. The van der Waals surface area contributed by atoms with E-state index in [0.717, 1.165) is 18.4 Å². The summed E-state index contributed by atoms with van der Waals surface area (Å²) in [4.78, 5) is 42.3. The van der Waals surface area contributed by atoms with Crippen molar-refractivity contribution in [3.8, 4) is 0 Å². The van der Waals surface area contributed by atoms with Crippen LogP contribution in [-0.2, 0) is 9.59 Å². The van der Waals surface area contributed by atoms with Gasteiger partial charge in [-0.25, -0.2) is 0 Å². The molecular formula is C20H22N4O3. The third kappa shape index (κ3) is 5.37. The van der Waals surface area contributed by atoms with Crippen LogP contribution in [0.2, 0.25) is 0 Å². The maximum absolute atomic E-state index is 12.6. The Morgan fingerprint density at radius 3 is 2.48 bits per heavy atom. The van der Waals surface area contributed by atoms with E-state index >= 15 is 0 Å². The SMILES string of the molecule is Cc1ccc(NC(=O)CNC(=O)CN(C(=O)c2cccnc2)C2CC2)cc1. The molecule has 1 fully saturated rings. The van der Waals surface area contributed by atoms with Crippen molar-refractivity contribution < 1.29 is 14.4 Å². The van der Waals surface area contributed by atoms with Crippen LogP contribution in [0.25, 0.3) is 0 Å². The molecule has 0 saturated heterocycles.